The minimum atomic E-state index is -0.757. The molecular weight excluding hydrogens is 328 g/mol. The van der Waals surface area contributed by atoms with Gasteiger partial charge in [-0.05, 0) is 42.3 Å². The Morgan fingerprint density at radius 1 is 1.00 bits per heavy atom. The van der Waals surface area contributed by atoms with Crippen molar-refractivity contribution in [1.82, 2.24) is 5.32 Å². The third-order valence-electron chi connectivity index (χ3n) is 3.64. The molecule has 120 valence electrons. The standard InChI is InChI=1S/C18H13ClN2O3/c1-11-4-2-3-5-15(11)21-17(23)14(16(22)20-18(21)24)10-12-6-8-13(19)9-7-12/h2-10H,1H3,(H,20,22,24)/b14-10+. The minimum absolute atomic E-state index is 0.111. The van der Waals surface area contributed by atoms with Crippen molar-refractivity contribution in [1.29, 1.82) is 0 Å². The molecule has 6 heteroatoms. The van der Waals surface area contributed by atoms with Gasteiger partial charge in [-0.3, -0.25) is 14.9 Å². The zero-order valence-corrected chi connectivity index (χ0v) is 13.5. The second-order valence-corrected chi connectivity index (χ2v) is 5.73. The number of nitrogens with one attached hydrogen (secondary N) is 1. The lowest BCUT2D eigenvalue weighted by molar-refractivity contribution is -0.122. The van der Waals surface area contributed by atoms with Crippen molar-refractivity contribution in [2.45, 2.75) is 6.92 Å². The van der Waals surface area contributed by atoms with Crippen molar-refractivity contribution in [2.24, 2.45) is 0 Å². The van der Waals surface area contributed by atoms with Gasteiger partial charge in [-0.15, -0.1) is 0 Å². The quantitative estimate of drug-likeness (QED) is 0.673. The number of benzene rings is 2. The van der Waals surface area contributed by atoms with E-state index >= 15 is 0 Å². The van der Waals surface area contributed by atoms with Crippen LogP contribution in [0.4, 0.5) is 10.5 Å². The summed E-state index contributed by atoms with van der Waals surface area (Å²) in [5, 5.41) is 2.75. The summed E-state index contributed by atoms with van der Waals surface area (Å²) in [4.78, 5) is 37.9. The molecule has 0 spiro atoms. The van der Waals surface area contributed by atoms with Gasteiger partial charge in [0.25, 0.3) is 11.8 Å². The van der Waals surface area contributed by atoms with E-state index in [4.69, 9.17) is 11.6 Å². The summed E-state index contributed by atoms with van der Waals surface area (Å²) in [6, 6.07) is 12.9. The molecule has 2 aromatic carbocycles. The summed E-state index contributed by atoms with van der Waals surface area (Å²) in [6.07, 6.45) is 1.44. The van der Waals surface area contributed by atoms with Crippen molar-refractivity contribution >= 4 is 41.2 Å². The summed E-state index contributed by atoms with van der Waals surface area (Å²) >= 11 is 5.83. The zero-order chi connectivity index (χ0) is 17.3. The van der Waals surface area contributed by atoms with Crippen LogP contribution in [-0.2, 0) is 9.59 Å². The summed E-state index contributed by atoms with van der Waals surface area (Å²) in [5.41, 5.74) is 1.72. The molecule has 1 heterocycles. The highest BCUT2D eigenvalue weighted by molar-refractivity contribution is 6.39. The summed E-state index contributed by atoms with van der Waals surface area (Å²) in [5.74, 6) is -1.38. The molecule has 1 aliphatic rings. The SMILES string of the molecule is Cc1ccccc1N1C(=O)NC(=O)/C(=C\c2ccc(Cl)cc2)C1=O. The van der Waals surface area contributed by atoms with Gasteiger partial charge in [0.1, 0.15) is 5.57 Å². The molecule has 1 aliphatic heterocycles. The molecule has 24 heavy (non-hydrogen) atoms. The molecule has 5 nitrogen and oxygen atoms in total. The number of barbiturate groups is 1. The van der Waals surface area contributed by atoms with E-state index in [-0.39, 0.29) is 5.57 Å². The van der Waals surface area contributed by atoms with Crippen LogP contribution in [0.5, 0.6) is 0 Å². The molecule has 0 radical (unpaired) electrons. The largest absolute Gasteiger partial charge is 0.335 e. The molecule has 0 atom stereocenters. The number of imide groups is 2. The Morgan fingerprint density at radius 2 is 1.67 bits per heavy atom. The van der Waals surface area contributed by atoms with E-state index < -0.39 is 17.8 Å². The first-order valence-electron chi connectivity index (χ1n) is 7.20. The molecule has 0 aromatic heterocycles. The Bertz CT molecular complexity index is 872. The van der Waals surface area contributed by atoms with Gasteiger partial charge in [0.2, 0.25) is 0 Å². The van der Waals surface area contributed by atoms with Crippen LogP contribution in [-0.4, -0.2) is 17.8 Å². The number of carbonyl (C=O) groups is 3. The molecule has 1 fully saturated rings. The maximum absolute atomic E-state index is 12.7. The number of nitrogens with zero attached hydrogens (tertiary/aromatic N) is 1. The zero-order valence-electron chi connectivity index (χ0n) is 12.7. The Labute approximate surface area is 143 Å². The molecule has 3 rings (SSSR count). The number of anilines is 1. The highest BCUT2D eigenvalue weighted by Gasteiger charge is 2.37. The number of urea groups is 1. The minimum Gasteiger partial charge on any atom is -0.273 e. The van der Waals surface area contributed by atoms with Crippen molar-refractivity contribution < 1.29 is 14.4 Å². The number of rotatable bonds is 2. The molecule has 0 saturated carbocycles. The second-order valence-electron chi connectivity index (χ2n) is 5.30. The van der Waals surface area contributed by atoms with E-state index in [2.05, 4.69) is 5.32 Å². The first-order valence-corrected chi connectivity index (χ1v) is 7.58. The number of amides is 4. The molecule has 2 aromatic rings. The van der Waals surface area contributed by atoms with Crippen molar-refractivity contribution in [2.75, 3.05) is 4.90 Å². The second kappa shape index (κ2) is 6.29. The van der Waals surface area contributed by atoms with E-state index in [1.54, 1.807) is 55.5 Å². The smallest absolute Gasteiger partial charge is 0.273 e. The molecule has 1 N–H and O–H groups in total. The molecule has 0 bridgehead atoms. The molecular formula is C18H13ClN2O3. The number of carbonyl (C=O) groups excluding carboxylic acids is 3. The van der Waals surface area contributed by atoms with Crippen LogP contribution in [0, 0.1) is 6.92 Å². The maximum atomic E-state index is 12.7. The Kier molecular flexibility index (Phi) is 4.18. The van der Waals surface area contributed by atoms with Crippen LogP contribution >= 0.6 is 11.6 Å². The fourth-order valence-electron chi connectivity index (χ4n) is 2.42. The summed E-state index contributed by atoms with van der Waals surface area (Å²) in [6.45, 7) is 1.79. The predicted molar refractivity (Wildman–Crippen MR) is 91.6 cm³/mol. The number of halogens is 1. The maximum Gasteiger partial charge on any atom is 0.335 e. The average molecular weight is 341 g/mol. The predicted octanol–water partition coefficient (Wildman–Crippen LogP) is 3.31. The molecule has 1 saturated heterocycles. The summed E-state index contributed by atoms with van der Waals surface area (Å²) < 4.78 is 0. The number of hydrogen-bond donors (Lipinski definition) is 1. The van der Waals surface area contributed by atoms with Gasteiger partial charge in [-0.2, -0.15) is 0 Å². The van der Waals surface area contributed by atoms with Crippen LogP contribution in [0.2, 0.25) is 5.02 Å². The normalized spacial score (nSPS) is 16.5. The average Bonchev–Trinajstić information content (AvgIpc) is 2.55. The first kappa shape index (κ1) is 16.0. The van der Waals surface area contributed by atoms with Gasteiger partial charge in [-0.1, -0.05) is 41.9 Å². The van der Waals surface area contributed by atoms with Gasteiger partial charge in [0.15, 0.2) is 0 Å². The van der Waals surface area contributed by atoms with Gasteiger partial charge in [0, 0.05) is 5.02 Å². The van der Waals surface area contributed by atoms with Crippen molar-refractivity contribution in [3.63, 3.8) is 0 Å². The van der Waals surface area contributed by atoms with Gasteiger partial charge >= 0.3 is 6.03 Å². The van der Waals surface area contributed by atoms with Crippen LogP contribution in [0.15, 0.2) is 54.1 Å². The van der Waals surface area contributed by atoms with Crippen LogP contribution in [0.25, 0.3) is 6.08 Å². The number of hydrogen-bond acceptors (Lipinski definition) is 3. The van der Waals surface area contributed by atoms with E-state index in [0.29, 0.717) is 16.3 Å². The monoisotopic (exact) mass is 340 g/mol. The topological polar surface area (TPSA) is 66.5 Å². The Balaban J connectivity index is 2.03. The van der Waals surface area contributed by atoms with Gasteiger partial charge < -0.3 is 0 Å². The lowest BCUT2D eigenvalue weighted by atomic mass is 10.1. The molecule has 4 amide bonds. The fourth-order valence-corrected chi connectivity index (χ4v) is 2.54. The van der Waals surface area contributed by atoms with Crippen LogP contribution < -0.4 is 10.2 Å². The van der Waals surface area contributed by atoms with E-state index in [0.717, 1.165) is 10.5 Å². The van der Waals surface area contributed by atoms with E-state index in [1.165, 1.54) is 6.08 Å². The van der Waals surface area contributed by atoms with Crippen molar-refractivity contribution in [3.05, 3.63) is 70.3 Å². The lowest BCUT2D eigenvalue weighted by Crippen LogP contribution is -2.54. The van der Waals surface area contributed by atoms with E-state index in [9.17, 15) is 14.4 Å². The third kappa shape index (κ3) is 2.94. The highest BCUT2D eigenvalue weighted by Crippen LogP contribution is 2.25. The summed E-state index contributed by atoms with van der Waals surface area (Å²) in [7, 11) is 0. The molecule has 0 unspecified atom stereocenters. The third-order valence-corrected chi connectivity index (χ3v) is 3.89. The van der Waals surface area contributed by atoms with Crippen LogP contribution in [0.1, 0.15) is 11.1 Å². The van der Waals surface area contributed by atoms with Crippen molar-refractivity contribution in [3.8, 4) is 0 Å². The van der Waals surface area contributed by atoms with Crippen LogP contribution in [0.3, 0.4) is 0 Å². The fraction of sp³-hybridized carbons (Fsp3) is 0.0556. The highest BCUT2D eigenvalue weighted by atomic mass is 35.5. The molecule has 0 aliphatic carbocycles. The number of aryl methyl sites for hydroxylation is 1. The lowest BCUT2D eigenvalue weighted by Gasteiger charge is -2.27. The van der Waals surface area contributed by atoms with E-state index in [1.807, 2.05) is 0 Å². The first-order chi connectivity index (χ1) is 11.5. The van der Waals surface area contributed by atoms with Gasteiger partial charge in [-0.25, -0.2) is 9.69 Å². The Hall–Kier alpha value is -2.92. The number of para-hydroxylation sites is 1. The Morgan fingerprint density at radius 3 is 2.33 bits per heavy atom. The van der Waals surface area contributed by atoms with Gasteiger partial charge in [0.05, 0.1) is 5.69 Å².